The molecular formula is C10H8Cl2O4. The number of carbonyl (C=O) groups is 2. The van der Waals surface area contributed by atoms with E-state index in [9.17, 15) is 14.7 Å². The maximum absolute atomic E-state index is 11.7. The molecule has 2 N–H and O–H groups in total. The highest BCUT2D eigenvalue weighted by Gasteiger charge is 2.39. The van der Waals surface area contributed by atoms with Crippen LogP contribution in [0.2, 0.25) is 10.0 Å². The van der Waals surface area contributed by atoms with Gasteiger partial charge in [-0.15, -0.1) is 0 Å². The van der Waals surface area contributed by atoms with E-state index in [1.54, 1.807) is 0 Å². The highest BCUT2D eigenvalue weighted by Crippen LogP contribution is 2.22. The molecule has 6 heteroatoms. The van der Waals surface area contributed by atoms with Gasteiger partial charge in [-0.3, -0.25) is 4.79 Å². The van der Waals surface area contributed by atoms with E-state index in [4.69, 9.17) is 28.3 Å². The number of aliphatic hydroxyl groups is 1. The van der Waals surface area contributed by atoms with E-state index in [0.29, 0.717) is 0 Å². The van der Waals surface area contributed by atoms with Gasteiger partial charge in [-0.1, -0.05) is 23.2 Å². The predicted molar refractivity (Wildman–Crippen MR) is 59.1 cm³/mol. The van der Waals surface area contributed by atoms with Crippen LogP contribution in [0.4, 0.5) is 0 Å². The summed E-state index contributed by atoms with van der Waals surface area (Å²) in [6, 6.07) is 3.88. The van der Waals surface area contributed by atoms with E-state index < -0.39 is 17.4 Å². The van der Waals surface area contributed by atoms with Crippen LogP contribution >= 0.6 is 23.2 Å². The average molecular weight is 263 g/mol. The average Bonchev–Trinajstić information content (AvgIpc) is 2.14. The quantitative estimate of drug-likeness (QED) is 0.646. The number of rotatable bonds is 3. The summed E-state index contributed by atoms with van der Waals surface area (Å²) in [6.07, 6.45) is 0. The van der Waals surface area contributed by atoms with E-state index in [1.165, 1.54) is 18.2 Å². The van der Waals surface area contributed by atoms with Gasteiger partial charge in [0.05, 0.1) is 0 Å². The Bertz CT molecular complexity index is 434. The lowest BCUT2D eigenvalue weighted by molar-refractivity contribution is -0.151. The van der Waals surface area contributed by atoms with Crippen molar-refractivity contribution in [2.45, 2.75) is 12.5 Å². The topological polar surface area (TPSA) is 74.6 Å². The summed E-state index contributed by atoms with van der Waals surface area (Å²) >= 11 is 11.3. The van der Waals surface area contributed by atoms with E-state index in [-0.39, 0.29) is 15.6 Å². The fourth-order valence-corrected chi connectivity index (χ4v) is 1.59. The summed E-state index contributed by atoms with van der Waals surface area (Å²) in [6.45, 7) is 0.895. The van der Waals surface area contributed by atoms with Gasteiger partial charge in [-0.25, -0.2) is 4.79 Å². The molecule has 16 heavy (non-hydrogen) atoms. The molecule has 0 amide bonds. The summed E-state index contributed by atoms with van der Waals surface area (Å²) in [4.78, 5) is 22.3. The molecule has 1 aromatic carbocycles. The fraction of sp³-hybridized carbons (Fsp3) is 0.200. The highest BCUT2D eigenvalue weighted by molar-refractivity contribution is 6.35. The van der Waals surface area contributed by atoms with Crippen molar-refractivity contribution in [3.8, 4) is 0 Å². The molecule has 0 spiro atoms. The van der Waals surface area contributed by atoms with Gasteiger partial charge >= 0.3 is 5.97 Å². The van der Waals surface area contributed by atoms with Crippen molar-refractivity contribution < 1.29 is 19.8 Å². The normalized spacial score (nSPS) is 14.2. The maximum Gasteiger partial charge on any atom is 0.343 e. The molecule has 86 valence electrons. The lowest BCUT2D eigenvalue weighted by Gasteiger charge is -2.16. The summed E-state index contributed by atoms with van der Waals surface area (Å²) in [5, 5.41) is 18.5. The van der Waals surface area contributed by atoms with Crippen LogP contribution < -0.4 is 0 Å². The minimum Gasteiger partial charge on any atom is -0.479 e. The fourth-order valence-electron chi connectivity index (χ4n) is 1.06. The van der Waals surface area contributed by atoms with Crippen LogP contribution in [-0.2, 0) is 4.79 Å². The first kappa shape index (κ1) is 13.0. The molecule has 0 aromatic heterocycles. The molecule has 1 aromatic rings. The van der Waals surface area contributed by atoms with Crippen LogP contribution in [0.3, 0.4) is 0 Å². The smallest absolute Gasteiger partial charge is 0.343 e. The molecule has 0 radical (unpaired) electrons. The van der Waals surface area contributed by atoms with Crippen LogP contribution in [0.1, 0.15) is 17.3 Å². The Morgan fingerprint density at radius 1 is 1.19 bits per heavy atom. The second-order valence-corrected chi connectivity index (χ2v) is 4.24. The van der Waals surface area contributed by atoms with Gasteiger partial charge in [-0.2, -0.15) is 0 Å². The number of hydrogen-bond acceptors (Lipinski definition) is 3. The van der Waals surface area contributed by atoms with Crippen molar-refractivity contribution in [1.29, 1.82) is 0 Å². The van der Waals surface area contributed by atoms with Gasteiger partial charge < -0.3 is 10.2 Å². The molecule has 0 saturated carbocycles. The Balaban J connectivity index is 3.20. The van der Waals surface area contributed by atoms with E-state index in [2.05, 4.69) is 0 Å². The highest BCUT2D eigenvalue weighted by atomic mass is 35.5. The summed E-state index contributed by atoms with van der Waals surface area (Å²) < 4.78 is 0. The zero-order valence-electron chi connectivity index (χ0n) is 8.20. The Hall–Kier alpha value is -1.10. The molecule has 0 fully saturated rings. The van der Waals surface area contributed by atoms with Crippen LogP contribution in [0.15, 0.2) is 18.2 Å². The number of benzene rings is 1. The first-order chi connectivity index (χ1) is 7.25. The summed E-state index contributed by atoms with van der Waals surface area (Å²) in [5.41, 5.74) is -2.54. The lowest BCUT2D eigenvalue weighted by Crippen LogP contribution is -2.43. The zero-order valence-corrected chi connectivity index (χ0v) is 9.71. The Morgan fingerprint density at radius 3 is 2.00 bits per heavy atom. The number of aliphatic carboxylic acids is 1. The lowest BCUT2D eigenvalue weighted by atomic mass is 9.95. The van der Waals surface area contributed by atoms with Crippen molar-refractivity contribution in [3.05, 3.63) is 33.8 Å². The summed E-state index contributed by atoms with van der Waals surface area (Å²) in [5.74, 6) is -2.60. The largest absolute Gasteiger partial charge is 0.479 e. The number of halogens is 2. The number of Topliss-reactive ketones (excluding diaryl/α,β-unsaturated/α-hetero) is 1. The van der Waals surface area contributed by atoms with Crippen LogP contribution in [-0.4, -0.2) is 27.6 Å². The van der Waals surface area contributed by atoms with E-state index in [0.717, 1.165) is 6.92 Å². The Kier molecular flexibility index (Phi) is 3.57. The van der Waals surface area contributed by atoms with Crippen molar-refractivity contribution in [2.75, 3.05) is 0 Å². The third-order valence-corrected chi connectivity index (χ3v) is 2.42. The van der Waals surface area contributed by atoms with Crippen LogP contribution in [0.5, 0.6) is 0 Å². The number of carboxylic acid groups (broad SMARTS) is 1. The zero-order chi connectivity index (χ0) is 12.5. The van der Waals surface area contributed by atoms with Gasteiger partial charge in [-0.05, 0) is 25.1 Å². The SMILES string of the molecule is C[C@@](O)(C(=O)O)C(=O)c1cc(Cl)cc(Cl)c1. The molecule has 1 rings (SSSR count). The molecule has 0 aliphatic rings. The van der Waals surface area contributed by atoms with Gasteiger partial charge in [0.25, 0.3) is 0 Å². The molecule has 0 saturated heterocycles. The Morgan fingerprint density at radius 2 is 1.62 bits per heavy atom. The van der Waals surface area contributed by atoms with Gasteiger partial charge in [0.15, 0.2) is 0 Å². The molecule has 1 atom stereocenters. The number of carboxylic acids is 1. The Labute approximate surface area is 101 Å². The van der Waals surface area contributed by atoms with Crippen LogP contribution in [0, 0.1) is 0 Å². The maximum atomic E-state index is 11.7. The number of carbonyl (C=O) groups excluding carboxylic acids is 1. The molecule has 0 aliphatic carbocycles. The van der Waals surface area contributed by atoms with Gasteiger partial charge in [0, 0.05) is 15.6 Å². The second kappa shape index (κ2) is 4.41. The molecule has 0 bridgehead atoms. The molecule has 4 nitrogen and oxygen atoms in total. The van der Waals surface area contributed by atoms with Crippen LogP contribution in [0.25, 0.3) is 0 Å². The minimum atomic E-state index is -2.49. The van der Waals surface area contributed by atoms with Gasteiger partial charge in [0.1, 0.15) is 0 Å². The molecular weight excluding hydrogens is 255 g/mol. The molecule has 0 aliphatic heterocycles. The predicted octanol–water partition coefficient (Wildman–Crippen LogP) is 2.01. The van der Waals surface area contributed by atoms with E-state index in [1.807, 2.05) is 0 Å². The first-order valence-corrected chi connectivity index (χ1v) is 4.97. The summed E-state index contributed by atoms with van der Waals surface area (Å²) in [7, 11) is 0. The van der Waals surface area contributed by atoms with Crippen molar-refractivity contribution in [3.63, 3.8) is 0 Å². The molecule has 0 heterocycles. The third kappa shape index (κ3) is 2.52. The van der Waals surface area contributed by atoms with Crippen molar-refractivity contribution in [2.24, 2.45) is 0 Å². The molecule has 0 unspecified atom stereocenters. The third-order valence-electron chi connectivity index (χ3n) is 1.98. The standard InChI is InChI=1S/C10H8Cl2O4/c1-10(16,9(14)15)8(13)5-2-6(11)4-7(12)3-5/h2-4,16H,1H3,(H,14,15)/t10-/m0/s1. The number of ketones is 1. The monoisotopic (exact) mass is 262 g/mol. The van der Waals surface area contributed by atoms with Crippen molar-refractivity contribution in [1.82, 2.24) is 0 Å². The minimum absolute atomic E-state index is 0.0510. The van der Waals surface area contributed by atoms with Crippen molar-refractivity contribution >= 4 is 35.0 Å². The van der Waals surface area contributed by atoms with Gasteiger partial charge in [0.2, 0.25) is 11.4 Å². The second-order valence-electron chi connectivity index (χ2n) is 3.36. The van der Waals surface area contributed by atoms with E-state index >= 15 is 0 Å². The number of hydrogen-bond donors (Lipinski definition) is 2. The first-order valence-electron chi connectivity index (χ1n) is 4.22.